The predicted molar refractivity (Wildman–Crippen MR) is 63.3 cm³/mol. The average Bonchev–Trinajstić information content (AvgIpc) is 2.07. The first-order valence-corrected chi connectivity index (χ1v) is 8.54. The van der Waals surface area contributed by atoms with Crippen molar-refractivity contribution in [2.45, 2.75) is 31.6 Å². The Morgan fingerprint density at radius 2 is 1.59 bits per heavy atom. The highest BCUT2D eigenvalue weighted by Gasteiger charge is 2.35. The molecule has 104 valence electrons. The minimum Gasteiger partial charge on any atom is -0.324 e. The van der Waals surface area contributed by atoms with E-state index >= 15 is 0 Å². The van der Waals surface area contributed by atoms with E-state index in [4.69, 9.17) is 31.0 Å². The van der Waals surface area contributed by atoms with Gasteiger partial charge in [0.15, 0.2) is 0 Å². The second-order valence-electron chi connectivity index (χ2n) is 4.12. The van der Waals surface area contributed by atoms with Crippen molar-refractivity contribution in [1.82, 2.24) is 0 Å². The van der Waals surface area contributed by atoms with Crippen molar-refractivity contribution in [2.75, 3.05) is 6.16 Å². The summed E-state index contributed by atoms with van der Waals surface area (Å²) in [5.41, 5.74) is 9.67. The highest BCUT2D eigenvalue weighted by atomic mass is 31.2. The summed E-state index contributed by atoms with van der Waals surface area (Å²) in [5, 5.41) is 0. The maximum Gasteiger partial charge on any atom is 0.328 e. The molecule has 0 aromatic carbocycles. The molecule has 2 atom stereocenters. The molecule has 0 fully saturated rings. The lowest BCUT2D eigenvalue weighted by molar-refractivity contribution is 0.312. The fourth-order valence-corrected chi connectivity index (χ4v) is 3.43. The number of hydrogen-bond acceptors (Lipinski definition) is 4. The number of rotatable bonds is 7. The van der Waals surface area contributed by atoms with Crippen LogP contribution in [0.3, 0.4) is 0 Å². The zero-order valence-corrected chi connectivity index (χ0v) is 11.3. The molecule has 0 amide bonds. The second-order valence-corrected chi connectivity index (χ2v) is 7.74. The van der Waals surface area contributed by atoms with E-state index in [0.29, 0.717) is 0 Å². The molecule has 0 bridgehead atoms. The Kier molecular flexibility index (Phi) is 6.49. The summed E-state index contributed by atoms with van der Waals surface area (Å²) in [4.78, 5) is 35.6. The van der Waals surface area contributed by atoms with Gasteiger partial charge in [0.05, 0.1) is 11.8 Å². The van der Waals surface area contributed by atoms with Crippen LogP contribution in [0, 0.1) is 5.92 Å². The van der Waals surface area contributed by atoms with Gasteiger partial charge in [-0.25, -0.2) is 0 Å². The van der Waals surface area contributed by atoms with Crippen molar-refractivity contribution in [2.24, 2.45) is 17.4 Å². The van der Waals surface area contributed by atoms with Gasteiger partial charge in [0.2, 0.25) is 0 Å². The van der Waals surface area contributed by atoms with Crippen molar-refractivity contribution >= 4 is 15.2 Å². The van der Waals surface area contributed by atoms with Gasteiger partial charge >= 0.3 is 15.2 Å². The molecule has 0 spiro atoms. The van der Waals surface area contributed by atoms with Gasteiger partial charge < -0.3 is 31.0 Å². The molecule has 0 rings (SSSR count). The monoisotopic (exact) mass is 290 g/mol. The summed E-state index contributed by atoms with van der Waals surface area (Å²) >= 11 is 0. The Morgan fingerprint density at radius 3 is 1.88 bits per heavy atom. The van der Waals surface area contributed by atoms with Crippen LogP contribution >= 0.6 is 15.2 Å². The van der Waals surface area contributed by atoms with Crippen molar-refractivity contribution in [1.29, 1.82) is 0 Å². The van der Waals surface area contributed by atoms with E-state index in [9.17, 15) is 9.13 Å². The molecular weight excluding hydrogens is 270 g/mol. The first-order valence-electron chi connectivity index (χ1n) is 5.06. The van der Waals surface area contributed by atoms with E-state index < -0.39 is 39.1 Å². The summed E-state index contributed by atoms with van der Waals surface area (Å²) in [7, 11) is -8.52. The summed E-state index contributed by atoms with van der Waals surface area (Å²) in [6.45, 7) is 1.51. The summed E-state index contributed by atoms with van der Waals surface area (Å²) in [6, 6.07) is 0. The maximum atomic E-state index is 11.2. The average molecular weight is 290 g/mol. The van der Waals surface area contributed by atoms with Crippen LogP contribution < -0.4 is 11.5 Å². The molecule has 8 N–H and O–H groups in total. The smallest absolute Gasteiger partial charge is 0.324 e. The highest BCUT2D eigenvalue weighted by molar-refractivity contribution is 7.52. The van der Waals surface area contributed by atoms with E-state index in [1.54, 1.807) is 0 Å². The maximum absolute atomic E-state index is 11.2. The van der Waals surface area contributed by atoms with Crippen LogP contribution in [0.1, 0.15) is 19.8 Å². The fraction of sp³-hybridized carbons (Fsp3) is 1.00. The zero-order valence-electron chi connectivity index (χ0n) is 9.51. The molecule has 0 aliphatic heterocycles. The molecule has 0 aromatic heterocycles. The molecule has 10 heteroatoms. The zero-order chi connectivity index (χ0) is 13.9. The molecule has 17 heavy (non-hydrogen) atoms. The van der Waals surface area contributed by atoms with Crippen molar-refractivity contribution in [3.63, 3.8) is 0 Å². The molecule has 0 saturated heterocycles. The lowest BCUT2D eigenvalue weighted by Gasteiger charge is -2.27. The van der Waals surface area contributed by atoms with Crippen molar-refractivity contribution < 1.29 is 28.7 Å². The van der Waals surface area contributed by atoms with Gasteiger partial charge in [-0.1, -0.05) is 6.92 Å². The van der Waals surface area contributed by atoms with E-state index in [-0.39, 0.29) is 12.8 Å². The summed E-state index contributed by atoms with van der Waals surface area (Å²) in [5.74, 6) is -0.632. The van der Waals surface area contributed by atoms with E-state index in [1.807, 2.05) is 0 Å². The van der Waals surface area contributed by atoms with Gasteiger partial charge in [0, 0.05) is 6.16 Å². The van der Waals surface area contributed by atoms with Gasteiger partial charge in [-0.3, -0.25) is 9.13 Å². The third kappa shape index (κ3) is 7.28. The topological polar surface area (TPSA) is 167 Å². The molecular formula is C7H20N2O6P2. The fourth-order valence-electron chi connectivity index (χ4n) is 1.50. The lowest BCUT2D eigenvalue weighted by Crippen LogP contribution is -2.43. The lowest BCUT2D eigenvalue weighted by atomic mass is 10.0. The molecule has 0 radical (unpaired) electrons. The van der Waals surface area contributed by atoms with Crippen molar-refractivity contribution in [3.05, 3.63) is 0 Å². The van der Waals surface area contributed by atoms with Gasteiger partial charge in [0.25, 0.3) is 0 Å². The van der Waals surface area contributed by atoms with Gasteiger partial charge in [0.1, 0.15) is 0 Å². The van der Waals surface area contributed by atoms with Gasteiger partial charge in [-0.15, -0.1) is 0 Å². The quantitative estimate of drug-likeness (QED) is 0.266. The summed E-state index contributed by atoms with van der Waals surface area (Å²) in [6.07, 6.45) is -1.31. The van der Waals surface area contributed by atoms with Crippen molar-refractivity contribution in [3.8, 4) is 0 Å². The third-order valence-corrected chi connectivity index (χ3v) is 5.09. The molecule has 0 heterocycles. The molecule has 8 nitrogen and oxygen atoms in total. The van der Waals surface area contributed by atoms with Crippen LogP contribution in [0.2, 0.25) is 0 Å². The molecule has 0 saturated carbocycles. The van der Waals surface area contributed by atoms with Crippen LogP contribution in [0.15, 0.2) is 0 Å². The largest absolute Gasteiger partial charge is 0.328 e. The number of hydrogen-bond donors (Lipinski definition) is 6. The minimum absolute atomic E-state index is 0.0110. The van der Waals surface area contributed by atoms with Crippen LogP contribution in [0.25, 0.3) is 0 Å². The Hall–Kier alpha value is 0.220. The van der Waals surface area contributed by atoms with Crippen LogP contribution in [0.4, 0.5) is 0 Å². The van der Waals surface area contributed by atoms with E-state index in [1.165, 1.54) is 6.92 Å². The highest BCUT2D eigenvalue weighted by Crippen LogP contribution is 2.48. The SMILES string of the molecule is CC(C(N)N)C(CCCP(=O)(O)O)P(=O)(O)O. The molecule has 0 aliphatic rings. The van der Waals surface area contributed by atoms with E-state index in [2.05, 4.69) is 0 Å². The predicted octanol–water partition coefficient (Wildman–Crippen LogP) is -0.630. The summed E-state index contributed by atoms with van der Waals surface area (Å²) < 4.78 is 21.8. The van der Waals surface area contributed by atoms with E-state index in [0.717, 1.165) is 0 Å². The Bertz CT molecular complexity index is 324. The minimum atomic E-state index is -4.38. The molecule has 0 aromatic rings. The Balaban J connectivity index is 4.53. The van der Waals surface area contributed by atoms with Crippen LogP contribution in [0.5, 0.6) is 0 Å². The molecule has 0 aliphatic carbocycles. The van der Waals surface area contributed by atoms with Crippen LogP contribution in [-0.4, -0.2) is 37.6 Å². The Morgan fingerprint density at radius 1 is 1.12 bits per heavy atom. The third-order valence-electron chi connectivity index (χ3n) is 2.60. The number of nitrogens with two attached hydrogens (primary N) is 2. The van der Waals surface area contributed by atoms with Gasteiger partial charge in [-0.2, -0.15) is 0 Å². The normalized spacial score (nSPS) is 17.2. The van der Waals surface area contributed by atoms with Crippen LogP contribution in [-0.2, 0) is 9.13 Å². The first-order chi connectivity index (χ1) is 7.45. The second kappa shape index (κ2) is 6.41. The molecule has 2 unspecified atom stereocenters. The Labute approximate surface area is 99.7 Å². The first kappa shape index (κ1) is 17.2. The van der Waals surface area contributed by atoms with Gasteiger partial charge in [-0.05, 0) is 18.8 Å². The standard InChI is InChI=1S/C7H20N2O6P2/c1-5(7(8)9)6(17(13,14)15)3-2-4-16(10,11)12/h5-7H,2-4,8-9H2,1H3,(H2,10,11,12)(H2,13,14,15).